The molecule has 3 aliphatic rings. The van der Waals surface area contributed by atoms with Gasteiger partial charge in [-0.2, -0.15) is 4.98 Å². The maximum atomic E-state index is 13.7. The molecule has 2 aromatic rings. The summed E-state index contributed by atoms with van der Waals surface area (Å²) in [6, 6.07) is 0. The normalized spacial score (nSPS) is 27.6. The standard InChI is InChI=1S/C26H42N6O7Si/c1-25(2,3)40(26(4,5)6)37-13-16-19(39-40)20(34-9)23(38-16)32-15-27-18-21(32)29-24(28-14-30(7)8)31(22(18)33)12-17-35-10-11-36-17/h14-17,19-20,23H,10-13H2,1-9H3/t16-,19-,20-,23-/m1/s1. The summed E-state index contributed by atoms with van der Waals surface area (Å²) in [6.07, 6.45) is 0.802. The first-order valence-electron chi connectivity index (χ1n) is 13.7. The summed E-state index contributed by atoms with van der Waals surface area (Å²) in [5.41, 5.74) is 0.201. The Labute approximate surface area is 235 Å². The third-order valence-corrected chi connectivity index (χ3v) is 12.8. The first-order valence-corrected chi connectivity index (χ1v) is 15.5. The van der Waals surface area contributed by atoms with Gasteiger partial charge in [-0.1, -0.05) is 41.5 Å². The molecule has 0 unspecified atom stereocenters. The number of hydrogen-bond donors (Lipinski definition) is 0. The molecule has 13 nitrogen and oxygen atoms in total. The molecule has 3 fully saturated rings. The predicted octanol–water partition coefficient (Wildman–Crippen LogP) is 2.56. The maximum Gasteiger partial charge on any atom is 0.349 e. The van der Waals surface area contributed by atoms with Crippen molar-refractivity contribution >= 4 is 32.0 Å². The minimum Gasteiger partial charge on any atom is -0.391 e. The molecule has 0 radical (unpaired) electrons. The van der Waals surface area contributed by atoms with E-state index in [9.17, 15) is 4.79 Å². The van der Waals surface area contributed by atoms with Crippen LogP contribution in [0.25, 0.3) is 11.2 Å². The quantitative estimate of drug-likeness (QED) is 0.287. The molecule has 0 spiro atoms. The first-order chi connectivity index (χ1) is 18.8. The largest absolute Gasteiger partial charge is 0.391 e. The molecule has 5 rings (SSSR count). The van der Waals surface area contributed by atoms with Gasteiger partial charge in [0.15, 0.2) is 23.7 Å². The van der Waals surface area contributed by atoms with E-state index in [-0.39, 0.29) is 45.9 Å². The molecule has 222 valence electrons. The molecule has 3 aliphatic heterocycles. The van der Waals surface area contributed by atoms with Crippen LogP contribution >= 0.6 is 0 Å². The van der Waals surface area contributed by atoms with Crippen molar-refractivity contribution in [2.45, 2.75) is 89.0 Å². The lowest BCUT2D eigenvalue weighted by Crippen LogP contribution is -2.65. The highest BCUT2D eigenvalue weighted by Gasteiger charge is 2.65. The van der Waals surface area contributed by atoms with Crippen molar-refractivity contribution in [2.24, 2.45) is 4.99 Å². The van der Waals surface area contributed by atoms with Crippen molar-refractivity contribution in [1.29, 1.82) is 0 Å². The highest BCUT2D eigenvalue weighted by molar-refractivity contribution is 6.73. The van der Waals surface area contributed by atoms with Crippen molar-refractivity contribution < 1.29 is 27.8 Å². The Balaban J connectivity index is 1.55. The molecule has 0 aliphatic carbocycles. The molecule has 40 heavy (non-hydrogen) atoms. The average Bonchev–Trinajstić information content (AvgIpc) is 3.60. The topological polar surface area (TPSA) is 124 Å². The van der Waals surface area contributed by atoms with Gasteiger partial charge < -0.3 is 32.7 Å². The molecule has 0 amide bonds. The lowest BCUT2D eigenvalue weighted by Gasteiger charge is -2.53. The van der Waals surface area contributed by atoms with Crippen LogP contribution in [0.4, 0.5) is 5.95 Å². The van der Waals surface area contributed by atoms with Crippen LogP contribution in [-0.2, 0) is 34.3 Å². The Morgan fingerprint density at radius 3 is 2.45 bits per heavy atom. The van der Waals surface area contributed by atoms with Crippen LogP contribution in [0.15, 0.2) is 16.1 Å². The summed E-state index contributed by atoms with van der Waals surface area (Å²) >= 11 is 0. The predicted molar refractivity (Wildman–Crippen MR) is 150 cm³/mol. The van der Waals surface area contributed by atoms with Crippen LogP contribution in [0.1, 0.15) is 47.8 Å². The van der Waals surface area contributed by atoms with Gasteiger partial charge in [0, 0.05) is 31.3 Å². The molecule has 2 aromatic heterocycles. The molecular weight excluding hydrogens is 536 g/mol. The fraction of sp³-hybridized carbons (Fsp3) is 0.769. The maximum absolute atomic E-state index is 13.7. The summed E-state index contributed by atoms with van der Waals surface area (Å²) in [7, 11) is 2.57. The summed E-state index contributed by atoms with van der Waals surface area (Å²) in [5.74, 6) is 0.211. The number of methoxy groups -OCH3 is 1. The van der Waals surface area contributed by atoms with Crippen molar-refractivity contribution in [3.05, 3.63) is 16.7 Å². The Hall–Kier alpha value is -2.20. The summed E-state index contributed by atoms with van der Waals surface area (Å²) in [5, 5.41) is -0.375. The van der Waals surface area contributed by atoms with Crippen LogP contribution in [-0.4, -0.2) is 105 Å². The van der Waals surface area contributed by atoms with Gasteiger partial charge in [-0.3, -0.25) is 13.9 Å². The monoisotopic (exact) mass is 578 g/mol. The third kappa shape index (κ3) is 4.93. The Kier molecular flexibility index (Phi) is 7.74. The molecule has 0 saturated carbocycles. The summed E-state index contributed by atoms with van der Waals surface area (Å²) in [6.45, 7) is 14.5. The van der Waals surface area contributed by atoms with Crippen LogP contribution in [0.5, 0.6) is 0 Å². The van der Waals surface area contributed by atoms with Crippen molar-refractivity contribution in [2.75, 3.05) is 41.0 Å². The Morgan fingerprint density at radius 2 is 1.85 bits per heavy atom. The van der Waals surface area contributed by atoms with E-state index < -0.39 is 27.2 Å². The highest BCUT2D eigenvalue weighted by Crippen LogP contribution is 2.56. The van der Waals surface area contributed by atoms with Crippen molar-refractivity contribution in [3.63, 3.8) is 0 Å². The number of hydrogen-bond acceptors (Lipinski definition) is 10. The first kappa shape index (κ1) is 29.3. The fourth-order valence-electron chi connectivity index (χ4n) is 6.06. The smallest absolute Gasteiger partial charge is 0.349 e. The molecule has 3 saturated heterocycles. The highest BCUT2D eigenvalue weighted by atomic mass is 28.4. The number of fused-ring (bicyclic) bond motifs is 2. The SMILES string of the molecule is CO[C@@H]1[C@@H]2O[Si](C(C)(C)C)(C(C)(C)C)OC[C@H]2O[C@H]1n1cnc2c(=O)n(CC3OCCO3)c(N=CN(C)C)nc21. The average molecular weight is 579 g/mol. The van der Waals surface area contributed by atoms with Crippen LogP contribution in [0, 0.1) is 0 Å². The zero-order valence-corrected chi connectivity index (χ0v) is 25.9. The van der Waals surface area contributed by atoms with Gasteiger partial charge in [-0.15, -0.1) is 0 Å². The van der Waals surface area contributed by atoms with Gasteiger partial charge in [0.25, 0.3) is 5.56 Å². The van der Waals surface area contributed by atoms with Crippen LogP contribution in [0.2, 0.25) is 10.1 Å². The van der Waals surface area contributed by atoms with E-state index in [1.54, 1.807) is 29.2 Å². The van der Waals surface area contributed by atoms with Gasteiger partial charge in [0.2, 0.25) is 5.95 Å². The van der Waals surface area contributed by atoms with Gasteiger partial charge >= 0.3 is 8.56 Å². The number of nitrogens with zero attached hydrogens (tertiary/aromatic N) is 6. The molecule has 0 aromatic carbocycles. The zero-order valence-electron chi connectivity index (χ0n) is 24.9. The van der Waals surface area contributed by atoms with Crippen LogP contribution in [0.3, 0.4) is 0 Å². The number of ether oxygens (including phenoxy) is 4. The van der Waals surface area contributed by atoms with E-state index in [0.717, 1.165) is 0 Å². The second-order valence-electron chi connectivity index (χ2n) is 12.8. The third-order valence-electron chi connectivity index (χ3n) is 7.65. The molecule has 5 heterocycles. The molecule has 0 bridgehead atoms. The van der Waals surface area contributed by atoms with Gasteiger partial charge in [0.05, 0.1) is 39.0 Å². The van der Waals surface area contributed by atoms with E-state index in [2.05, 4.69) is 51.5 Å². The fourth-order valence-corrected chi connectivity index (χ4v) is 11.0. The second kappa shape index (κ2) is 10.6. The van der Waals surface area contributed by atoms with E-state index in [1.165, 1.54) is 4.57 Å². The van der Waals surface area contributed by atoms with Gasteiger partial charge in [0.1, 0.15) is 18.3 Å². The minimum absolute atomic E-state index is 0.150. The van der Waals surface area contributed by atoms with Gasteiger partial charge in [-0.05, 0) is 0 Å². The van der Waals surface area contributed by atoms with E-state index in [1.807, 2.05) is 14.1 Å². The summed E-state index contributed by atoms with van der Waals surface area (Å²) < 4.78 is 40.4. The number of aliphatic imine (C=N–C) groups is 1. The van der Waals surface area contributed by atoms with E-state index >= 15 is 0 Å². The minimum atomic E-state index is -2.76. The second-order valence-corrected chi connectivity index (χ2v) is 17.6. The van der Waals surface area contributed by atoms with Crippen LogP contribution < -0.4 is 5.56 Å². The van der Waals surface area contributed by atoms with Crippen molar-refractivity contribution in [3.8, 4) is 0 Å². The molecular formula is C26H42N6O7Si. The Morgan fingerprint density at radius 1 is 1.18 bits per heavy atom. The lowest BCUT2D eigenvalue weighted by atomic mass is 10.1. The zero-order chi connectivity index (χ0) is 29.0. The lowest BCUT2D eigenvalue weighted by molar-refractivity contribution is -0.0797. The Bertz CT molecular complexity index is 1290. The number of aromatic nitrogens is 4. The molecule has 0 N–H and O–H groups in total. The van der Waals surface area contributed by atoms with Crippen molar-refractivity contribution in [1.82, 2.24) is 24.0 Å². The van der Waals surface area contributed by atoms with E-state index in [4.69, 9.17) is 32.8 Å². The van der Waals surface area contributed by atoms with Gasteiger partial charge in [-0.25, -0.2) is 9.98 Å². The summed E-state index contributed by atoms with van der Waals surface area (Å²) in [4.78, 5) is 29.1. The van der Waals surface area contributed by atoms with E-state index in [0.29, 0.717) is 25.5 Å². The molecule has 14 heteroatoms. The number of imidazole rings is 1. The molecule has 4 atom stereocenters. The number of rotatable bonds is 6.